The monoisotopic (exact) mass is 728 g/mol. The molecule has 6 rings (SSSR count). The van der Waals surface area contributed by atoms with Crippen LogP contribution in [0.2, 0.25) is 0 Å². The largest absolute Gasteiger partial charge is 0.490 e. The van der Waals surface area contributed by atoms with E-state index < -0.39 is 33.0 Å². The molecule has 2 aromatic heterocycles. The minimum atomic E-state index is -5.08. The number of pyridine rings is 1. The number of H-pyrrole nitrogens is 1. The molecule has 51 heavy (non-hydrogen) atoms. The number of anilines is 1. The maximum Gasteiger partial charge on any atom is 0.490 e. The number of carbonyl (C=O) groups excluding carboxylic acids is 1. The van der Waals surface area contributed by atoms with Crippen LogP contribution < -0.4 is 15.8 Å². The van der Waals surface area contributed by atoms with Gasteiger partial charge in [-0.2, -0.15) is 17.5 Å². The molecule has 12 nitrogen and oxygen atoms in total. The molecule has 1 aliphatic carbocycles. The standard InChI is InChI=1S/C32H31FN6O4S.C2HF3O2/c1-3-15-39(29-12-9-22-18-28-26(19-25(22)29)31(41)37-21(2)36-28)24-10-11-27(35-20-24)30(40)32(33,23-7-5-4-6-8-23)44(42,43)38-16-13-34-14-17-38;3-2(4,5)1(6)7/h1,4-8,10-11,18-20,29,34H,9,12-17H2,2H3,(H,36,37,41);(H,6,7). The summed E-state index contributed by atoms with van der Waals surface area (Å²) in [4.78, 5) is 48.8. The van der Waals surface area contributed by atoms with E-state index in [4.69, 9.17) is 16.3 Å². The number of rotatable bonds is 8. The number of sulfonamides is 1. The predicted molar refractivity (Wildman–Crippen MR) is 179 cm³/mol. The first-order valence-corrected chi connectivity index (χ1v) is 17.0. The van der Waals surface area contributed by atoms with Crippen molar-refractivity contribution in [3.63, 3.8) is 0 Å². The van der Waals surface area contributed by atoms with Gasteiger partial charge in [0.1, 0.15) is 11.5 Å². The van der Waals surface area contributed by atoms with Crippen molar-refractivity contribution in [3.8, 4) is 12.3 Å². The number of alkyl halides is 4. The van der Waals surface area contributed by atoms with Gasteiger partial charge in [0.25, 0.3) is 15.6 Å². The van der Waals surface area contributed by atoms with Gasteiger partial charge in [-0.05, 0) is 55.2 Å². The molecule has 0 amide bonds. The first kappa shape index (κ1) is 37.1. The number of carbonyl (C=O) groups is 2. The molecule has 1 fully saturated rings. The van der Waals surface area contributed by atoms with Crippen LogP contribution in [-0.4, -0.2) is 83.4 Å². The van der Waals surface area contributed by atoms with E-state index in [0.29, 0.717) is 35.5 Å². The van der Waals surface area contributed by atoms with E-state index >= 15 is 4.39 Å². The van der Waals surface area contributed by atoms with Gasteiger partial charge in [-0.25, -0.2) is 22.6 Å². The van der Waals surface area contributed by atoms with Crippen molar-refractivity contribution in [1.82, 2.24) is 24.6 Å². The molecule has 0 bridgehead atoms. The first-order valence-electron chi connectivity index (χ1n) is 15.6. The quantitative estimate of drug-likeness (QED) is 0.139. The number of carboxylic acid groups (broad SMARTS) is 1. The van der Waals surface area contributed by atoms with E-state index in [1.54, 1.807) is 19.1 Å². The van der Waals surface area contributed by atoms with E-state index in [-0.39, 0.29) is 42.5 Å². The molecule has 2 atom stereocenters. The fraction of sp³-hybridized carbons (Fsp3) is 0.324. The molecule has 2 aromatic carbocycles. The number of aliphatic carboxylic acids is 1. The van der Waals surface area contributed by atoms with Gasteiger partial charge >= 0.3 is 17.1 Å². The lowest BCUT2D eigenvalue weighted by molar-refractivity contribution is -0.192. The Labute approximate surface area is 289 Å². The van der Waals surface area contributed by atoms with Gasteiger partial charge < -0.3 is 20.3 Å². The number of piperazine rings is 1. The van der Waals surface area contributed by atoms with Crippen molar-refractivity contribution < 1.29 is 40.7 Å². The second kappa shape index (κ2) is 14.6. The zero-order valence-electron chi connectivity index (χ0n) is 27.1. The molecule has 2 unspecified atom stereocenters. The van der Waals surface area contributed by atoms with Gasteiger partial charge in [0.2, 0.25) is 5.78 Å². The number of nitrogens with one attached hydrogen (secondary N) is 2. The average molecular weight is 729 g/mol. The highest BCUT2D eigenvalue weighted by Gasteiger charge is 2.56. The van der Waals surface area contributed by atoms with Crippen LogP contribution in [0, 0.1) is 19.3 Å². The van der Waals surface area contributed by atoms with Gasteiger partial charge in [-0.3, -0.25) is 14.6 Å². The van der Waals surface area contributed by atoms with Crippen LogP contribution in [0.25, 0.3) is 10.9 Å². The molecule has 1 saturated heterocycles. The number of ketones is 1. The SMILES string of the molecule is C#CCN(c1ccc(C(=O)C(F)(c2ccccc2)S(=O)(=O)N2CCNCC2)nc1)C1CCc2cc3nc(C)[nH]c(=O)c3cc21.O=C(O)C(F)(F)F. The Morgan fingerprint density at radius 1 is 1.10 bits per heavy atom. The summed E-state index contributed by atoms with van der Waals surface area (Å²) in [5.41, 5.74) is 2.37. The van der Waals surface area contributed by atoms with Crippen LogP contribution in [0.4, 0.5) is 23.2 Å². The van der Waals surface area contributed by atoms with E-state index in [2.05, 4.69) is 26.2 Å². The third-order valence-corrected chi connectivity index (χ3v) is 10.7. The molecule has 17 heteroatoms. The molecule has 0 saturated carbocycles. The molecule has 3 N–H and O–H groups in total. The molecule has 2 aliphatic rings. The molecule has 3 heterocycles. The summed E-state index contributed by atoms with van der Waals surface area (Å²) in [6.07, 6.45) is 3.54. The summed E-state index contributed by atoms with van der Waals surface area (Å²) in [6.45, 7) is 2.72. The smallest absolute Gasteiger partial charge is 0.475 e. The number of hydrogen-bond donors (Lipinski definition) is 3. The van der Waals surface area contributed by atoms with Crippen molar-refractivity contribution in [1.29, 1.82) is 0 Å². The number of fused-ring (bicyclic) bond motifs is 2. The Hall–Kier alpha value is -5.18. The van der Waals surface area contributed by atoms with Crippen LogP contribution in [0.3, 0.4) is 0 Å². The van der Waals surface area contributed by atoms with Crippen LogP contribution >= 0.6 is 0 Å². The fourth-order valence-corrected chi connectivity index (χ4v) is 7.90. The van der Waals surface area contributed by atoms with Crippen molar-refractivity contribution in [2.24, 2.45) is 0 Å². The number of terminal acetylenes is 1. The van der Waals surface area contributed by atoms with Crippen molar-refractivity contribution in [2.45, 2.75) is 37.0 Å². The molecule has 0 radical (unpaired) electrons. The highest BCUT2D eigenvalue weighted by Crippen LogP contribution is 2.41. The van der Waals surface area contributed by atoms with Gasteiger partial charge in [0.05, 0.1) is 35.4 Å². The lowest BCUT2D eigenvalue weighted by Crippen LogP contribution is -2.54. The van der Waals surface area contributed by atoms with Crippen LogP contribution in [0.5, 0.6) is 0 Å². The van der Waals surface area contributed by atoms with Crippen molar-refractivity contribution in [2.75, 3.05) is 37.6 Å². The van der Waals surface area contributed by atoms with Crippen LogP contribution in [0.1, 0.15) is 45.5 Å². The second-order valence-electron chi connectivity index (χ2n) is 11.8. The Bertz CT molecular complexity index is 2150. The Morgan fingerprint density at radius 3 is 2.35 bits per heavy atom. The Kier molecular flexibility index (Phi) is 10.6. The number of benzene rings is 2. The molecule has 4 aromatic rings. The normalized spacial score (nSPS) is 17.4. The minimum Gasteiger partial charge on any atom is -0.475 e. The van der Waals surface area contributed by atoms with E-state index in [1.807, 2.05) is 17.0 Å². The summed E-state index contributed by atoms with van der Waals surface area (Å²) in [6, 6.07) is 13.7. The summed E-state index contributed by atoms with van der Waals surface area (Å²) >= 11 is 0. The summed E-state index contributed by atoms with van der Waals surface area (Å²) in [7, 11) is -4.76. The number of nitrogens with zero attached hydrogens (tertiary/aromatic N) is 4. The van der Waals surface area contributed by atoms with Gasteiger partial charge in [0.15, 0.2) is 0 Å². The van der Waals surface area contributed by atoms with E-state index in [0.717, 1.165) is 28.3 Å². The van der Waals surface area contributed by atoms with Gasteiger partial charge in [-0.15, -0.1) is 6.42 Å². The minimum absolute atomic E-state index is 0.0429. The third-order valence-electron chi connectivity index (χ3n) is 8.53. The molecular weight excluding hydrogens is 696 g/mol. The predicted octanol–water partition coefficient (Wildman–Crippen LogP) is 3.63. The number of halogens is 4. The van der Waals surface area contributed by atoms with Gasteiger partial charge in [-0.1, -0.05) is 36.3 Å². The highest BCUT2D eigenvalue weighted by atomic mass is 32.2. The highest BCUT2D eigenvalue weighted by molar-refractivity contribution is 7.90. The third kappa shape index (κ3) is 7.34. The van der Waals surface area contributed by atoms with Gasteiger partial charge in [0, 0.05) is 31.7 Å². The summed E-state index contributed by atoms with van der Waals surface area (Å²) in [5, 5.41) is 7.28. The first-order chi connectivity index (χ1) is 24.1. The number of carboxylic acids is 1. The zero-order chi connectivity index (χ0) is 37.1. The number of aromatic amines is 1. The summed E-state index contributed by atoms with van der Waals surface area (Å²) < 4.78 is 77.2. The van der Waals surface area contributed by atoms with Crippen LogP contribution in [-0.2, 0) is 26.2 Å². The number of Topliss-reactive ketones (excluding diaryl/α,β-unsaturated/α-hetero) is 1. The number of aromatic nitrogens is 3. The lowest BCUT2D eigenvalue weighted by Gasteiger charge is -2.33. The average Bonchev–Trinajstić information content (AvgIpc) is 3.52. The maximum absolute atomic E-state index is 17.0. The maximum atomic E-state index is 17.0. The number of aryl methyl sites for hydroxylation is 2. The molecule has 0 spiro atoms. The summed E-state index contributed by atoms with van der Waals surface area (Å²) in [5.74, 6) is -0.814. The molecule has 1 aliphatic heterocycles. The lowest BCUT2D eigenvalue weighted by atomic mass is 10.0. The Balaban J connectivity index is 0.000000654. The van der Waals surface area contributed by atoms with Crippen molar-refractivity contribution >= 4 is 38.4 Å². The van der Waals surface area contributed by atoms with Crippen LogP contribution in [0.15, 0.2) is 65.6 Å². The molecule has 268 valence electrons. The topological polar surface area (TPSA) is 166 Å². The Morgan fingerprint density at radius 2 is 1.76 bits per heavy atom. The number of hydrogen-bond acceptors (Lipinski definition) is 9. The van der Waals surface area contributed by atoms with E-state index in [1.165, 1.54) is 36.5 Å². The fourth-order valence-electron chi connectivity index (χ4n) is 6.11. The second-order valence-corrected chi connectivity index (χ2v) is 13.8. The van der Waals surface area contributed by atoms with Crippen molar-refractivity contribution in [3.05, 3.63) is 99.4 Å². The van der Waals surface area contributed by atoms with E-state index in [9.17, 15) is 31.2 Å². The zero-order valence-corrected chi connectivity index (χ0v) is 27.9. The molecular formula is C34H32F4N6O6S.